The second kappa shape index (κ2) is 6.36. The van der Waals surface area contributed by atoms with E-state index in [0.717, 1.165) is 50.4 Å². The summed E-state index contributed by atoms with van der Waals surface area (Å²) in [5.74, 6) is 1.56. The first-order valence-corrected chi connectivity index (χ1v) is 8.65. The number of carbonyl (C=O) groups is 1. The van der Waals surface area contributed by atoms with Crippen molar-refractivity contribution in [3.63, 3.8) is 0 Å². The highest BCUT2D eigenvalue weighted by Crippen LogP contribution is 2.31. The fourth-order valence-corrected chi connectivity index (χ4v) is 3.81. The van der Waals surface area contributed by atoms with Gasteiger partial charge in [-0.05, 0) is 37.4 Å². The SMILES string of the molecule is Cc1nc([C@@H]2CCCN2CCC(=O)N2CCc3ccccc32)no1. The number of amides is 1. The standard InChI is InChI=1S/C18H22N4O2/c1-13-19-18(20-24-13)16-7-4-10-21(16)11-9-17(23)22-12-8-14-5-2-3-6-15(14)22/h2-3,5-6,16H,4,7-12H2,1H3/t16-/m0/s1. The number of hydrogen-bond donors (Lipinski definition) is 0. The second-order valence-corrected chi connectivity index (χ2v) is 6.54. The van der Waals surface area contributed by atoms with E-state index in [0.29, 0.717) is 12.3 Å². The van der Waals surface area contributed by atoms with Crippen LogP contribution in [0.5, 0.6) is 0 Å². The van der Waals surface area contributed by atoms with Gasteiger partial charge in [-0.15, -0.1) is 0 Å². The largest absolute Gasteiger partial charge is 0.340 e. The molecule has 0 unspecified atom stereocenters. The molecule has 0 N–H and O–H groups in total. The highest BCUT2D eigenvalue weighted by atomic mass is 16.5. The van der Waals surface area contributed by atoms with Gasteiger partial charge in [0.2, 0.25) is 11.8 Å². The van der Waals surface area contributed by atoms with Crippen LogP contribution < -0.4 is 4.90 Å². The Morgan fingerprint density at radius 2 is 2.21 bits per heavy atom. The van der Waals surface area contributed by atoms with Gasteiger partial charge in [0.15, 0.2) is 5.82 Å². The van der Waals surface area contributed by atoms with E-state index < -0.39 is 0 Å². The summed E-state index contributed by atoms with van der Waals surface area (Å²) in [4.78, 5) is 21.3. The van der Waals surface area contributed by atoms with E-state index in [1.807, 2.05) is 30.0 Å². The van der Waals surface area contributed by atoms with Gasteiger partial charge in [-0.3, -0.25) is 9.69 Å². The Labute approximate surface area is 141 Å². The monoisotopic (exact) mass is 326 g/mol. The smallest absolute Gasteiger partial charge is 0.228 e. The van der Waals surface area contributed by atoms with Crippen LogP contribution in [0.3, 0.4) is 0 Å². The first kappa shape index (κ1) is 15.3. The number of nitrogens with zero attached hydrogens (tertiary/aromatic N) is 4. The average Bonchev–Trinajstić information content (AvgIpc) is 3.31. The molecule has 0 saturated carbocycles. The molecule has 0 bridgehead atoms. The Bertz CT molecular complexity index is 742. The number of carbonyl (C=O) groups excluding carboxylic acids is 1. The summed E-state index contributed by atoms with van der Waals surface area (Å²) in [7, 11) is 0. The maximum absolute atomic E-state index is 12.7. The van der Waals surface area contributed by atoms with Crippen molar-refractivity contribution in [2.75, 3.05) is 24.5 Å². The Hall–Kier alpha value is -2.21. The molecule has 0 radical (unpaired) electrons. The molecule has 1 amide bonds. The van der Waals surface area contributed by atoms with Gasteiger partial charge in [0, 0.05) is 32.1 Å². The van der Waals surface area contributed by atoms with Crippen molar-refractivity contribution >= 4 is 11.6 Å². The van der Waals surface area contributed by atoms with Gasteiger partial charge < -0.3 is 9.42 Å². The number of hydrogen-bond acceptors (Lipinski definition) is 5. The van der Waals surface area contributed by atoms with Gasteiger partial charge in [-0.2, -0.15) is 4.98 Å². The van der Waals surface area contributed by atoms with Crippen molar-refractivity contribution < 1.29 is 9.32 Å². The summed E-state index contributed by atoms with van der Waals surface area (Å²) < 4.78 is 5.11. The van der Waals surface area contributed by atoms with Gasteiger partial charge in [-0.1, -0.05) is 23.4 Å². The minimum absolute atomic E-state index is 0.182. The summed E-state index contributed by atoms with van der Waals surface area (Å²) in [6.45, 7) is 4.34. The molecule has 6 heteroatoms. The first-order valence-electron chi connectivity index (χ1n) is 8.65. The van der Waals surface area contributed by atoms with Crippen molar-refractivity contribution in [3.05, 3.63) is 41.5 Å². The number of likely N-dealkylation sites (tertiary alicyclic amines) is 1. The second-order valence-electron chi connectivity index (χ2n) is 6.54. The van der Waals surface area contributed by atoms with Crippen LogP contribution >= 0.6 is 0 Å². The summed E-state index contributed by atoms with van der Waals surface area (Å²) >= 11 is 0. The molecule has 2 aliphatic heterocycles. The maximum atomic E-state index is 12.7. The minimum atomic E-state index is 0.182. The van der Waals surface area contributed by atoms with E-state index in [4.69, 9.17) is 4.52 Å². The molecule has 2 aliphatic rings. The number of anilines is 1. The number of para-hydroxylation sites is 1. The van der Waals surface area contributed by atoms with E-state index in [2.05, 4.69) is 21.1 Å². The number of aromatic nitrogens is 2. The molecular formula is C18H22N4O2. The third-order valence-electron chi connectivity index (χ3n) is 5.01. The van der Waals surface area contributed by atoms with Crippen LogP contribution in [0.4, 0.5) is 5.69 Å². The Balaban J connectivity index is 1.39. The van der Waals surface area contributed by atoms with E-state index in [-0.39, 0.29) is 11.9 Å². The fraction of sp³-hybridized carbons (Fsp3) is 0.500. The topological polar surface area (TPSA) is 62.5 Å². The average molecular weight is 326 g/mol. The molecule has 2 aromatic rings. The lowest BCUT2D eigenvalue weighted by molar-refractivity contribution is -0.118. The predicted molar refractivity (Wildman–Crippen MR) is 89.7 cm³/mol. The lowest BCUT2D eigenvalue weighted by Gasteiger charge is -2.23. The lowest BCUT2D eigenvalue weighted by atomic mass is 10.2. The van der Waals surface area contributed by atoms with E-state index >= 15 is 0 Å². The molecule has 1 aromatic carbocycles. The number of aryl methyl sites for hydroxylation is 1. The lowest BCUT2D eigenvalue weighted by Crippen LogP contribution is -2.33. The Morgan fingerprint density at radius 1 is 1.33 bits per heavy atom. The van der Waals surface area contributed by atoms with Crippen LogP contribution in [0.1, 0.15) is 42.6 Å². The molecular weight excluding hydrogens is 304 g/mol. The molecule has 3 heterocycles. The van der Waals surface area contributed by atoms with Crippen LogP contribution in [0.15, 0.2) is 28.8 Å². The van der Waals surface area contributed by atoms with Crippen molar-refractivity contribution in [2.45, 2.75) is 38.6 Å². The normalized spacial score (nSPS) is 20.5. The zero-order valence-electron chi connectivity index (χ0n) is 13.9. The molecule has 0 aliphatic carbocycles. The number of benzene rings is 1. The van der Waals surface area contributed by atoms with Crippen LogP contribution in [0, 0.1) is 6.92 Å². The predicted octanol–water partition coefficient (Wildman–Crippen LogP) is 2.49. The van der Waals surface area contributed by atoms with Gasteiger partial charge in [-0.25, -0.2) is 0 Å². The summed E-state index contributed by atoms with van der Waals surface area (Å²) in [5, 5.41) is 4.06. The van der Waals surface area contributed by atoms with Crippen molar-refractivity contribution in [3.8, 4) is 0 Å². The minimum Gasteiger partial charge on any atom is -0.340 e. The third kappa shape index (κ3) is 2.82. The quantitative estimate of drug-likeness (QED) is 0.864. The van der Waals surface area contributed by atoms with Gasteiger partial charge in [0.25, 0.3) is 0 Å². The summed E-state index contributed by atoms with van der Waals surface area (Å²) in [6, 6.07) is 8.37. The van der Waals surface area contributed by atoms with Gasteiger partial charge >= 0.3 is 0 Å². The number of rotatable bonds is 4. The highest BCUT2D eigenvalue weighted by molar-refractivity contribution is 5.95. The zero-order chi connectivity index (χ0) is 16.5. The molecule has 126 valence electrons. The fourth-order valence-electron chi connectivity index (χ4n) is 3.81. The molecule has 1 saturated heterocycles. The van der Waals surface area contributed by atoms with Crippen molar-refractivity contribution in [1.29, 1.82) is 0 Å². The van der Waals surface area contributed by atoms with E-state index in [1.165, 1.54) is 5.56 Å². The summed E-state index contributed by atoms with van der Waals surface area (Å²) in [5.41, 5.74) is 2.35. The van der Waals surface area contributed by atoms with Gasteiger partial charge in [0.05, 0.1) is 6.04 Å². The molecule has 6 nitrogen and oxygen atoms in total. The summed E-state index contributed by atoms with van der Waals surface area (Å²) in [6.07, 6.45) is 3.62. The van der Waals surface area contributed by atoms with Crippen molar-refractivity contribution in [2.24, 2.45) is 0 Å². The van der Waals surface area contributed by atoms with Gasteiger partial charge in [0.1, 0.15) is 0 Å². The molecule has 24 heavy (non-hydrogen) atoms. The first-order chi connectivity index (χ1) is 11.7. The Morgan fingerprint density at radius 3 is 3.04 bits per heavy atom. The third-order valence-corrected chi connectivity index (χ3v) is 5.01. The van der Waals surface area contributed by atoms with E-state index in [1.54, 1.807) is 0 Å². The Kier molecular flexibility index (Phi) is 4.06. The van der Waals surface area contributed by atoms with Crippen LogP contribution in [0.25, 0.3) is 0 Å². The highest BCUT2D eigenvalue weighted by Gasteiger charge is 2.31. The van der Waals surface area contributed by atoms with Crippen LogP contribution in [0.2, 0.25) is 0 Å². The molecule has 1 aromatic heterocycles. The maximum Gasteiger partial charge on any atom is 0.228 e. The zero-order valence-corrected chi connectivity index (χ0v) is 13.9. The molecule has 1 fully saturated rings. The van der Waals surface area contributed by atoms with Crippen LogP contribution in [-0.2, 0) is 11.2 Å². The van der Waals surface area contributed by atoms with E-state index in [9.17, 15) is 4.79 Å². The molecule has 1 atom stereocenters. The van der Waals surface area contributed by atoms with Crippen LogP contribution in [-0.4, -0.2) is 40.6 Å². The van der Waals surface area contributed by atoms with Crippen molar-refractivity contribution in [1.82, 2.24) is 15.0 Å². The number of fused-ring (bicyclic) bond motifs is 1. The molecule has 0 spiro atoms. The molecule has 4 rings (SSSR count).